The molecule has 130 valence electrons. The second-order valence-corrected chi connectivity index (χ2v) is 6.29. The zero-order valence-electron chi connectivity index (χ0n) is 14.1. The highest BCUT2D eigenvalue weighted by molar-refractivity contribution is 5.70. The van der Waals surface area contributed by atoms with E-state index in [1.807, 2.05) is 4.57 Å². The van der Waals surface area contributed by atoms with Crippen LogP contribution in [-0.4, -0.2) is 29.5 Å². The number of aromatic amines is 1. The molecule has 1 aliphatic carbocycles. The van der Waals surface area contributed by atoms with Gasteiger partial charge in [-0.3, -0.25) is 9.36 Å². The number of aromatic nitrogens is 6. The lowest BCUT2D eigenvalue weighted by Crippen LogP contribution is -2.16. The maximum atomic E-state index is 12.5. The van der Waals surface area contributed by atoms with E-state index in [2.05, 4.69) is 26.9 Å². The van der Waals surface area contributed by atoms with Gasteiger partial charge in [-0.2, -0.15) is 4.98 Å². The van der Waals surface area contributed by atoms with Crippen molar-refractivity contribution in [2.45, 2.75) is 51.5 Å². The number of rotatable bonds is 5. The zero-order chi connectivity index (χ0) is 17.2. The van der Waals surface area contributed by atoms with Gasteiger partial charge in [-0.25, -0.2) is 15.0 Å². The minimum atomic E-state index is -0.370. The molecule has 0 atom stereocenters. The monoisotopic (exact) mass is 340 g/mol. The van der Waals surface area contributed by atoms with Gasteiger partial charge in [0, 0.05) is 24.9 Å². The van der Waals surface area contributed by atoms with Crippen molar-refractivity contribution in [1.82, 2.24) is 29.5 Å². The van der Waals surface area contributed by atoms with Crippen LogP contribution in [0.5, 0.6) is 12.0 Å². The van der Waals surface area contributed by atoms with E-state index < -0.39 is 0 Å². The molecule has 0 aromatic carbocycles. The van der Waals surface area contributed by atoms with Gasteiger partial charge < -0.3 is 9.72 Å². The molecule has 8 nitrogen and oxygen atoms in total. The van der Waals surface area contributed by atoms with Crippen LogP contribution in [0.25, 0.3) is 11.2 Å². The van der Waals surface area contributed by atoms with Crippen molar-refractivity contribution >= 4 is 11.2 Å². The van der Waals surface area contributed by atoms with Crippen LogP contribution in [0.15, 0.2) is 23.3 Å². The first-order valence-electron chi connectivity index (χ1n) is 8.71. The SMILES string of the molecule is CCCn1c(Oc2ncccn2)nc(=O)c2[nH]c(C3CCCC3)nc21. The van der Waals surface area contributed by atoms with Gasteiger partial charge in [0.15, 0.2) is 11.2 Å². The summed E-state index contributed by atoms with van der Waals surface area (Å²) in [5.74, 6) is 1.27. The van der Waals surface area contributed by atoms with Gasteiger partial charge in [-0.15, -0.1) is 0 Å². The quantitative estimate of drug-likeness (QED) is 0.767. The van der Waals surface area contributed by atoms with E-state index in [9.17, 15) is 4.79 Å². The summed E-state index contributed by atoms with van der Waals surface area (Å²) in [5.41, 5.74) is 0.663. The van der Waals surface area contributed by atoms with Crippen LogP contribution in [0, 0.1) is 0 Å². The molecule has 8 heteroatoms. The highest BCUT2D eigenvalue weighted by Gasteiger charge is 2.23. The van der Waals surface area contributed by atoms with E-state index in [4.69, 9.17) is 9.72 Å². The Hall–Kier alpha value is -2.77. The molecule has 3 aromatic rings. The second kappa shape index (κ2) is 6.62. The first-order chi connectivity index (χ1) is 12.3. The molecule has 25 heavy (non-hydrogen) atoms. The number of ether oxygens (including phenoxy) is 1. The number of imidazole rings is 1. The van der Waals surface area contributed by atoms with E-state index in [1.165, 1.54) is 12.8 Å². The van der Waals surface area contributed by atoms with Crippen LogP contribution >= 0.6 is 0 Å². The summed E-state index contributed by atoms with van der Waals surface area (Å²) >= 11 is 0. The van der Waals surface area contributed by atoms with Crippen LogP contribution in [0.1, 0.15) is 50.8 Å². The van der Waals surface area contributed by atoms with Crippen LogP contribution in [0.4, 0.5) is 0 Å². The lowest BCUT2D eigenvalue weighted by Gasteiger charge is -2.11. The van der Waals surface area contributed by atoms with Gasteiger partial charge >= 0.3 is 17.6 Å². The molecule has 0 bridgehead atoms. The Bertz CT molecular complexity index is 927. The second-order valence-electron chi connectivity index (χ2n) is 6.29. The van der Waals surface area contributed by atoms with E-state index in [-0.39, 0.29) is 17.6 Å². The van der Waals surface area contributed by atoms with Gasteiger partial charge in [0.25, 0.3) is 0 Å². The fourth-order valence-corrected chi connectivity index (χ4v) is 3.34. The average molecular weight is 340 g/mol. The van der Waals surface area contributed by atoms with Crippen molar-refractivity contribution < 1.29 is 4.74 Å². The molecular formula is C17H20N6O2. The van der Waals surface area contributed by atoms with Crippen LogP contribution in [0.3, 0.4) is 0 Å². The molecule has 0 aliphatic heterocycles. The molecule has 4 rings (SSSR count). The molecule has 0 amide bonds. The third kappa shape index (κ3) is 2.99. The molecule has 0 spiro atoms. The highest BCUT2D eigenvalue weighted by Crippen LogP contribution is 2.33. The summed E-state index contributed by atoms with van der Waals surface area (Å²) < 4.78 is 7.48. The predicted octanol–water partition coefficient (Wildman–Crippen LogP) is 2.77. The number of hydrogen-bond acceptors (Lipinski definition) is 6. The van der Waals surface area contributed by atoms with Crippen LogP contribution < -0.4 is 10.3 Å². The molecule has 3 aromatic heterocycles. The van der Waals surface area contributed by atoms with Gasteiger partial charge in [-0.05, 0) is 25.3 Å². The van der Waals surface area contributed by atoms with Crippen molar-refractivity contribution in [2.75, 3.05) is 0 Å². The van der Waals surface area contributed by atoms with Crippen molar-refractivity contribution in [3.05, 3.63) is 34.6 Å². The standard InChI is InChI=1S/C17H20N6O2/c1-2-10-23-14-12(20-13(21-14)11-6-3-4-7-11)15(24)22-17(23)25-16-18-8-5-9-19-16/h5,8-9,11H,2-4,6-7,10H2,1H3,(H,20,21). The Morgan fingerprint density at radius 3 is 2.72 bits per heavy atom. The minimum absolute atomic E-state index is 0.158. The van der Waals surface area contributed by atoms with Crippen molar-refractivity contribution in [3.63, 3.8) is 0 Å². The topological polar surface area (TPSA) is 98.6 Å². The number of H-pyrrole nitrogens is 1. The molecule has 1 fully saturated rings. The number of fused-ring (bicyclic) bond motifs is 1. The van der Waals surface area contributed by atoms with Gasteiger partial charge in [0.2, 0.25) is 0 Å². The Labute approximate surface area is 144 Å². The van der Waals surface area contributed by atoms with Crippen LogP contribution in [0.2, 0.25) is 0 Å². The Balaban J connectivity index is 1.82. The molecule has 1 N–H and O–H groups in total. The molecule has 0 unspecified atom stereocenters. The number of nitrogens with one attached hydrogen (secondary N) is 1. The third-order valence-corrected chi connectivity index (χ3v) is 4.51. The lowest BCUT2D eigenvalue weighted by molar-refractivity contribution is 0.376. The predicted molar refractivity (Wildman–Crippen MR) is 91.8 cm³/mol. The largest absolute Gasteiger partial charge is 0.390 e. The molecular weight excluding hydrogens is 320 g/mol. The summed E-state index contributed by atoms with van der Waals surface area (Å²) in [6, 6.07) is 2.03. The number of hydrogen-bond donors (Lipinski definition) is 1. The first-order valence-corrected chi connectivity index (χ1v) is 8.71. The zero-order valence-corrected chi connectivity index (χ0v) is 14.1. The van der Waals surface area contributed by atoms with Gasteiger partial charge in [0.1, 0.15) is 5.82 Å². The van der Waals surface area contributed by atoms with E-state index in [0.29, 0.717) is 23.6 Å². The summed E-state index contributed by atoms with van der Waals surface area (Å²) in [6.07, 6.45) is 8.65. The summed E-state index contributed by atoms with van der Waals surface area (Å²) in [5, 5.41) is 0. The summed E-state index contributed by atoms with van der Waals surface area (Å²) in [4.78, 5) is 32.5. The Morgan fingerprint density at radius 2 is 2.00 bits per heavy atom. The lowest BCUT2D eigenvalue weighted by atomic mass is 10.1. The summed E-state index contributed by atoms with van der Waals surface area (Å²) in [6.45, 7) is 2.69. The Kier molecular flexibility index (Phi) is 4.17. The normalized spacial score (nSPS) is 15.1. The molecule has 1 aliphatic rings. The Morgan fingerprint density at radius 1 is 1.24 bits per heavy atom. The third-order valence-electron chi connectivity index (χ3n) is 4.51. The highest BCUT2D eigenvalue weighted by atomic mass is 16.5. The molecule has 0 saturated heterocycles. The van der Waals surface area contributed by atoms with Gasteiger partial charge in [0.05, 0.1) is 0 Å². The van der Waals surface area contributed by atoms with Crippen LogP contribution in [-0.2, 0) is 6.54 Å². The average Bonchev–Trinajstić information content (AvgIpc) is 3.29. The van der Waals surface area contributed by atoms with Crippen molar-refractivity contribution in [3.8, 4) is 12.0 Å². The minimum Gasteiger partial charge on any atom is -0.390 e. The van der Waals surface area contributed by atoms with Crippen molar-refractivity contribution in [2.24, 2.45) is 0 Å². The molecule has 3 heterocycles. The molecule has 1 saturated carbocycles. The van der Waals surface area contributed by atoms with E-state index in [1.54, 1.807) is 18.5 Å². The smallest absolute Gasteiger partial charge is 0.324 e. The fraction of sp³-hybridized carbons (Fsp3) is 0.471. The number of aryl methyl sites for hydroxylation is 1. The molecule has 0 radical (unpaired) electrons. The number of nitrogens with zero attached hydrogens (tertiary/aromatic N) is 5. The van der Waals surface area contributed by atoms with Gasteiger partial charge in [-0.1, -0.05) is 19.8 Å². The van der Waals surface area contributed by atoms with E-state index in [0.717, 1.165) is 25.1 Å². The summed E-state index contributed by atoms with van der Waals surface area (Å²) in [7, 11) is 0. The van der Waals surface area contributed by atoms with Crippen molar-refractivity contribution in [1.29, 1.82) is 0 Å². The fourth-order valence-electron chi connectivity index (χ4n) is 3.34. The van der Waals surface area contributed by atoms with E-state index >= 15 is 0 Å². The first kappa shape index (κ1) is 15.7. The maximum absolute atomic E-state index is 12.5. The maximum Gasteiger partial charge on any atom is 0.324 e.